The summed E-state index contributed by atoms with van der Waals surface area (Å²) in [5, 5.41) is 3.14. The predicted octanol–water partition coefficient (Wildman–Crippen LogP) is 2.18. The van der Waals surface area contributed by atoms with E-state index in [1.54, 1.807) is 0 Å². The van der Waals surface area contributed by atoms with E-state index >= 15 is 0 Å². The number of likely N-dealkylation sites (N-methyl/N-ethyl adjacent to an activating group) is 1. The number of hydrogen-bond donors (Lipinski definition) is 1. The molecule has 0 aliphatic rings. The molecule has 1 aromatic carbocycles. The average molecular weight is 175 g/mol. The van der Waals surface area contributed by atoms with Crippen LogP contribution in [0.1, 0.15) is 11.1 Å². The Morgan fingerprint density at radius 3 is 2.38 bits per heavy atom. The van der Waals surface area contributed by atoms with Crippen molar-refractivity contribution >= 4 is 0 Å². The summed E-state index contributed by atoms with van der Waals surface area (Å²) in [7, 11) is 1.98. The number of allylic oxidation sites excluding steroid dienone is 1. The molecule has 0 fully saturated rings. The minimum absolute atomic E-state index is 0.965. The van der Waals surface area contributed by atoms with Crippen molar-refractivity contribution < 1.29 is 0 Å². The first-order chi connectivity index (χ1) is 6.36. The number of hydrogen-bond acceptors (Lipinski definition) is 1. The molecule has 1 heteroatoms. The highest BCUT2D eigenvalue weighted by Crippen LogP contribution is 2.05. The van der Waals surface area contributed by atoms with Crippen molar-refractivity contribution in [2.24, 2.45) is 0 Å². The summed E-state index contributed by atoms with van der Waals surface area (Å²) >= 11 is 0. The van der Waals surface area contributed by atoms with E-state index in [1.807, 2.05) is 13.1 Å². The molecule has 1 aromatic rings. The van der Waals surface area contributed by atoms with Gasteiger partial charge in [-0.1, -0.05) is 30.3 Å². The first-order valence-corrected chi connectivity index (χ1v) is 4.70. The van der Waals surface area contributed by atoms with Crippen LogP contribution in [0.15, 0.2) is 36.9 Å². The van der Waals surface area contributed by atoms with Crippen LogP contribution in [0.4, 0.5) is 0 Å². The molecule has 13 heavy (non-hydrogen) atoms. The van der Waals surface area contributed by atoms with Crippen LogP contribution in [-0.4, -0.2) is 13.6 Å². The van der Waals surface area contributed by atoms with Gasteiger partial charge >= 0.3 is 0 Å². The zero-order valence-corrected chi connectivity index (χ0v) is 8.22. The Balaban J connectivity index is 2.53. The van der Waals surface area contributed by atoms with Gasteiger partial charge in [0.1, 0.15) is 0 Å². The Labute approximate surface area is 80.5 Å². The van der Waals surface area contributed by atoms with E-state index in [0.717, 1.165) is 19.4 Å². The molecule has 0 heterocycles. The van der Waals surface area contributed by atoms with Gasteiger partial charge in [-0.25, -0.2) is 0 Å². The van der Waals surface area contributed by atoms with E-state index in [2.05, 4.69) is 36.2 Å². The Bertz CT molecular complexity index is 248. The van der Waals surface area contributed by atoms with Crippen molar-refractivity contribution in [1.29, 1.82) is 0 Å². The predicted molar refractivity (Wildman–Crippen MR) is 58.0 cm³/mol. The van der Waals surface area contributed by atoms with Crippen molar-refractivity contribution in [2.45, 2.75) is 12.8 Å². The average Bonchev–Trinajstić information content (AvgIpc) is 2.17. The van der Waals surface area contributed by atoms with Gasteiger partial charge in [0, 0.05) is 0 Å². The molecule has 1 nitrogen and oxygen atoms in total. The van der Waals surface area contributed by atoms with E-state index in [0.29, 0.717) is 0 Å². The van der Waals surface area contributed by atoms with E-state index in [9.17, 15) is 0 Å². The Kier molecular flexibility index (Phi) is 4.27. The number of benzene rings is 1. The summed E-state index contributed by atoms with van der Waals surface area (Å²) in [6.07, 6.45) is 4.00. The van der Waals surface area contributed by atoms with Gasteiger partial charge in [-0.05, 0) is 37.6 Å². The van der Waals surface area contributed by atoms with E-state index in [1.165, 1.54) is 11.1 Å². The van der Waals surface area contributed by atoms with Crippen molar-refractivity contribution in [3.05, 3.63) is 48.0 Å². The van der Waals surface area contributed by atoms with E-state index in [-0.39, 0.29) is 0 Å². The van der Waals surface area contributed by atoms with Crippen LogP contribution in [0, 0.1) is 0 Å². The highest BCUT2D eigenvalue weighted by molar-refractivity contribution is 5.24. The lowest BCUT2D eigenvalue weighted by atomic mass is 10.1. The molecular formula is C12H17N. The molecule has 1 N–H and O–H groups in total. The van der Waals surface area contributed by atoms with Crippen molar-refractivity contribution in [3.8, 4) is 0 Å². The topological polar surface area (TPSA) is 12.0 Å². The molecule has 0 amide bonds. The van der Waals surface area contributed by atoms with E-state index in [4.69, 9.17) is 0 Å². The van der Waals surface area contributed by atoms with Gasteiger partial charge in [-0.3, -0.25) is 0 Å². The summed E-state index contributed by atoms with van der Waals surface area (Å²) in [5.74, 6) is 0. The smallest absolute Gasteiger partial charge is 0.00114 e. The molecule has 0 saturated heterocycles. The standard InChI is InChI=1S/C12H17N/c1-3-4-11-5-7-12(8-6-11)9-10-13-2/h3,5-8,13H,1,4,9-10H2,2H3. The zero-order chi connectivity index (χ0) is 9.52. The first-order valence-electron chi connectivity index (χ1n) is 4.70. The third-order valence-electron chi connectivity index (χ3n) is 2.07. The monoisotopic (exact) mass is 175 g/mol. The van der Waals surface area contributed by atoms with E-state index < -0.39 is 0 Å². The van der Waals surface area contributed by atoms with Crippen LogP contribution in [0.25, 0.3) is 0 Å². The molecule has 0 atom stereocenters. The van der Waals surface area contributed by atoms with Crippen LogP contribution in [0.3, 0.4) is 0 Å². The minimum atomic E-state index is 0.965. The van der Waals surface area contributed by atoms with Gasteiger partial charge in [0.25, 0.3) is 0 Å². The second kappa shape index (κ2) is 5.55. The Morgan fingerprint density at radius 2 is 1.85 bits per heavy atom. The normalized spacial score (nSPS) is 9.92. The molecule has 1 rings (SSSR count). The van der Waals surface area contributed by atoms with Crippen LogP contribution in [0.5, 0.6) is 0 Å². The highest BCUT2D eigenvalue weighted by atomic mass is 14.8. The summed E-state index contributed by atoms with van der Waals surface area (Å²) in [5.41, 5.74) is 2.73. The molecular weight excluding hydrogens is 158 g/mol. The molecule has 0 aliphatic carbocycles. The minimum Gasteiger partial charge on any atom is -0.319 e. The van der Waals surface area contributed by atoms with Gasteiger partial charge in [0.15, 0.2) is 0 Å². The molecule has 0 bridgehead atoms. The maximum absolute atomic E-state index is 3.72. The van der Waals surface area contributed by atoms with Gasteiger partial charge in [0.2, 0.25) is 0 Å². The lowest BCUT2D eigenvalue weighted by molar-refractivity contribution is 0.791. The molecule has 0 aliphatic heterocycles. The van der Waals surface area contributed by atoms with Gasteiger partial charge < -0.3 is 5.32 Å². The first kappa shape index (κ1) is 10.0. The SMILES string of the molecule is C=CCc1ccc(CCNC)cc1. The molecule has 0 radical (unpaired) electrons. The maximum Gasteiger partial charge on any atom is -0.00114 e. The van der Waals surface area contributed by atoms with Crippen LogP contribution >= 0.6 is 0 Å². The molecule has 0 unspecified atom stereocenters. The number of rotatable bonds is 5. The Morgan fingerprint density at radius 1 is 1.23 bits per heavy atom. The third-order valence-corrected chi connectivity index (χ3v) is 2.07. The Hall–Kier alpha value is -1.08. The zero-order valence-electron chi connectivity index (χ0n) is 8.22. The van der Waals surface area contributed by atoms with Crippen molar-refractivity contribution in [1.82, 2.24) is 5.32 Å². The van der Waals surface area contributed by atoms with Crippen molar-refractivity contribution in [2.75, 3.05) is 13.6 Å². The maximum atomic E-state index is 3.72. The lowest BCUT2D eigenvalue weighted by Gasteiger charge is -2.01. The summed E-state index contributed by atoms with van der Waals surface area (Å²) < 4.78 is 0. The second-order valence-corrected chi connectivity index (χ2v) is 3.16. The summed E-state index contributed by atoms with van der Waals surface area (Å²) in [6.45, 7) is 4.76. The molecule has 0 spiro atoms. The molecule has 70 valence electrons. The fourth-order valence-electron chi connectivity index (χ4n) is 1.28. The van der Waals surface area contributed by atoms with Gasteiger partial charge in [0.05, 0.1) is 0 Å². The fourth-order valence-corrected chi connectivity index (χ4v) is 1.28. The van der Waals surface area contributed by atoms with Crippen LogP contribution in [0.2, 0.25) is 0 Å². The largest absolute Gasteiger partial charge is 0.319 e. The van der Waals surface area contributed by atoms with Gasteiger partial charge in [-0.2, -0.15) is 0 Å². The third kappa shape index (κ3) is 3.43. The fraction of sp³-hybridized carbons (Fsp3) is 0.333. The molecule has 0 aromatic heterocycles. The highest BCUT2D eigenvalue weighted by Gasteiger charge is 1.92. The molecule has 0 saturated carbocycles. The quantitative estimate of drug-likeness (QED) is 0.676. The lowest BCUT2D eigenvalue weighted by Crippen LogP contribution is -2.10. The second-order valence-electron chi connectivity index (χ2n) is 3.16. The summed E-state index contributed by atoms with van der Waals surface area (Å²) in [6, 6.07) is 8.73. The summed E-state index contributed by atoms with van der Waals surface area (Å²) in [4.78, 5) is 0. The van der Waals surface area contributed by atoms with Gasteiger partial charge in [-0.15, -0.1) is 6.58 Å². The van der Waals surface area contributed by atoms with Crippen LogP contribution in [-0.2, 0) is 12.8 Å². The van der Waals surface area contributed by atoms with Crippen LogP contribution < -0.4 is 5.32 Å². The van der Waals surface area contributed by atoms with Crippen molar-refractivity contribution in [3.63, 3.8) is 0 Å². The number of nitrogens with one attached hydrogen (secondary N) is 1.